The number of esters is 2. The molecule has 172 valence electrons. The highest BCUT2D eigenvalue weighted by molar-refractivity contribution is 7.10. The third-order valence-corrected chi connectivity index (χ3v) is 7.92. The van der Waals surface area contributed by atoms with E-state index in [4.69, 9.17) is 32.7 Å². The number of hydrogen-bond acceptors (Lipinski definition) is 7. The first kappa shape index (κ1) is 23.5. The Bertz CT molecular complexity index is 1200. The van der Waals surface area contributed by atoms with Crippen LogP contribution in [0.3, 0.4) is 0 Å². The van der Waals surface area contributed by atoms with Crippen LogP contribution in [0.1, 0.15) is 35.6 Å². The van der Waals surface area contributed by atoms with Gasteiger partial charge in [-0.3, -0.25) is 9.59 Å². The lowest BCUT2D eigenvalue weighted by Gasteiger charge is -2.39. The van der Waals surface area contributed by atoms with Crippen molar-refractivity contribution in [1.82, 2.24) is 5.32 Å². The number of allylic oxidation sites excluding steroid dienone is 3. The van der Waals surface area contributed by atoms with Crippen LogP contribution in [0.25, 0.3) is 0 Å². The first-order valence-electron chi connectivity index (χ1n) is 10.2. The number of dihydropyridines is 1. The molecule has 2 heterocycles. The third kappa shape index (κ3) is 3.98. The third-order valence-electron chi connectivity index (χ3n) is 6.08. The number of rotatable bonds is 4. The highest BCUT2D eigenvalue weighted by Crippen LogP contribution is 2.50. The van der Waals surface area contributed by atoms with Gasteiger partial charge in [-0.05, 0) is 36.4 Å². The van der Waals surface area contributed by atoms with E-state index in [1.165, 1.54) is 25.6 Å². The Labute approximate surface area is 205 Å². The van der Waals surface area contributed by atoms with E-state index < -0.39 is 29.6 Å². The van der Waals surface area contributed by atoms with Crippen molar-refractivity contribution in [2.45, 2.75) is 25.2 Å². The SMILES string of the molecule is COC(=O)C1=C(C)NC2=C(C(=O)[C@@H](C(=O)OC)[C@H](c3cccs3)C2)[C@H]1c1cccc(Cl)c1Cl. The fourth-order valence-electron chi connectivity index (χ4n) is 4.64. The molecule has 1 aromatic heterocycles. The van der Waals surface area contributed by atoms with Crippen molar-refractivity contribution in [3.05, 3.63) is 78.7 Å². The molecule has 1 aromatic carbocycles. The standard InChI is InChI=1S/C24H21Cl2NO5S/c1-11-17(23(29)31-2)18(12-6-4-7-14(25)21(12)26)20-15(27-11)10-13(16-8-5-9-33-16)19(22(20)28)24(30)32-3/h4-9,13,18-19,27H,10H2,1-3H3/t13-,18-,19-/m0/s1. The van der Waals surface area contributed by atoms with Crippen molar-refractivity contribution in [2.24, 2.45) is 5.92 Å². The number of ketones is 1. The molecule has 0 radical (unpaired) electrons. The molecule has 0 unspecified atom stereocenters. The number of nitrogens with one attached hydrogen (secondary N) is 1. The topological polar surface area (TPSA) is 81.7 Å². The molecular formula is C24H21Cl2NO5S. The lowest BCUT2D eigenvalue weighted by molar-refractivity contribution is -0.149. The molecule has 0 spiro atoms. The molecular weight excluding hydrogens is 485 g/mol. The van der Waals surface area contributed by atoms with Gasteiger partial charge >= 0.3 is 11.9 Å². The average Bonchev–Trinajstić information content (AvgIpc) is 3.34. The molecule has 0 saturated carbocycles. The molecule has 0 amide bonds. The second-order valence-electron chi connectivity index (χ2n) is 7.81. The van der Waals surface area contributed by atoms with E-state index in [-0.39, 0.29) is 16.5 Å². The average molecular weight is 506 g/mol. The number of ether oxygens (including phenoxy) is 2. The van der Waals surface area contributed by atoms with E-state index in [0.717, 1.165) is 4.88 Å². The smallest absolute Gasteiger partial charge is 0.336 e. The zero-order valence-electron chi connectivity index (χ0n) is 18.1. The molecule has 1 N–H and O–H groups in total. The summed E-state index contributed by atoms with van der Waals surface area (Å²) >= 11 is 14.3. The van der Waals surface area contributed by atoms with Gasteiger partial charge in [-0.25, -0.2) is 4.79 Å². The number of benzene rings is 1. The number of halogens is 2. The maximum absolute atomic E-state index is 14.0. The van der Waals surface area contributed by atoms with Gasteiger partial charge in [-0.2, -0.15) is 0 Å². The normalized spacial score (nSPS) is 22.6. The predicted octanol–water partition coefficient (Wildman–Crippen LogP) is 4.99. The van der Waals surface area contributed by atoms with Crippen molar-refractivity contribution in [1.29, 1.82) is 0 Å². The maximum Gasteiger partial charge on any atom is 0.336 e. The number of thiophene rings is 1. The van der Waals surface area contributed by atoms with Crippen LogP contribution in [0.5, 0.6) is 0 Å². The largest absolute Gasteiger partial charge is 0.468 e. The van der Waals surface area contributed by atoms with Crippen LogP contribution in [0.2, 0.25) is 10.0 Å². The minimum Gasteiger partial charge on any atom is -0.468 e. The number of carbonyl (C=O) groups excluding carboxylic acids is 3. The lowest BCUT2D eigenvalue weighted by Crippen LogP contribution is -2.43. The second-order valence-corrected chi connectivity index (χ2v) is 9.58. The molecule has 1 aliphatic heterocycles. The molecule has 3 atom stereocenters. The van der Waals surface area contributed by atoms with Gasteiger partial charge in [0.25, 0.3) is 0 Å². The highest BCUT2D eigenvalue weighted by Gasteiger charge is 2.49. The van der Waals surface area contributed by atoms with Crippen LogP contribution in [-0.4, -0.2) is 31.9 Å². The zero-order valence-corrected chi connectivity index (χ0v) is 20.4. The van der Waals surface area contributed by atoms with Gasteiger partial charge in [0.15, 0.2) is 5.78 Å². The Kier molecular flexibility index (Phi) is 6.66. The molecule has 4 rings (SSSR count). The molecule has 33 heavy (non-hydrogen) atoms. The van der Waals surface area contributed by atoms with Gasteiger partial charge in [0.05, 0.1) is 29.8 Å². The van der Waals surface area contributed by atoms with Gasteiger partial charge in [0.1, 0.15) is 5.92 Å². The number of carbonyl (C=O) groups is 3. The first-order valence-corrected chi connectivity index (χ1v) is 11.8. The summed E-state index contributed by atoms with van der Waals surface area (Å²) in [4.78, 5) is 40.5. The summed E-state index contributed by atoms with van der Waals surface area (Å²) in [5.41, 5.74) is 2.23. The summed E-state index contributed by atoms with van der Waals surface area (Å²) in [6, 6.07) is 8.84. The van der Waals surface area contributed by atoms with Gasteiger partial charge in [0, 0.05) is 33.7 Å². The Balaban J connectivity index is 1.95. The molecule has 1 aliphatic carbocycles. The summed E-state index contributed by atoms with van der Waals surface area (Å²) < 4.78 is 10.1. The Morgan fingerprint density at radius 2 is 1.88 bits per heavy atom. The highest BCUT2D eigenvalue weighted by atomic mass is 35.5. The van der Waals surface area contributed by atoms with Crippen LogP contribution < -0.4 is 5.32 Å². The fraction of sp³-hybridized carbons (Fsp3) is 0.292. The molecule has 0 saturated heterocycles. The summed E-state index contributed by atoms with van der Waals surface area (Å²) in [6.45, 7) is 1.75. The van der Waals surface area contributed by atoms with Crippen molar-refractivity contribution in [3.63, 3.8) is 0 Å². The van der Waals surface area contributed by atoms with E-state index in [1.807, 2.05) is 17.5 Å². The van der Waals surface area contributed by atoms with Crippen LogP contribution in [-0.2, 0) is 23.9 Å². The lowest BCUT2D eigenvalue weighted by atomic mass is 9.68. The van der Waals surface area contributed by atoms with Gasteiger partial charge in [-0.15, -0.1) is 11.3 Å². The molecule has 0 bridgehead atoms. The van der Waals surface area contributed by atoms with Crippen molar-refractivity contribution >= 4 is 52.3 Å². The van der Waals surface area contributed by atoms with E-state index >= 15 is 0 Å². The van der Waals surface area contributed by atoms with Crippen LogP contribution in [0.4, 0.5) is 0 Å². The van der Waals surface area contributed by atoms with Crippen LogP contribution in [0, 0.1) is 5.92 Å². The van der Waals surface area contributed by atoms with Gasteiger partial charge in [-0.1, -0.05) is 41.4 Å². The van der Waals surface area contributed by atoms with Crippen molar-refractivity contribution in [2.75, 3.05) is 14.2 Å². The molecule has 0 fully saturated rings. The molecule has 2 aromatic rings. The van der Waals surface area contributed by atoms with Gasteiger partial charge in [0.2, 0.25) is 0 Å². The monoisotopic (exact) mass is 505 g/mol. The van der Waals surface area contributed by atoms with Crippen molar-refractivity contribution < 1.29 is 23.9 Å². The second kappa shape index (κ2) is 9.33. The Morgan fingerprint density at radius 1 is 1.12 bits per heavy atom. The summed E-state index contributed by atoms with van der Waals surface area (Å²) in [6.07, 6.45) is 0.391. The van der Waals surface area contributed by atoms with Crippen LogP contribution >= 0.6 is 34.5 Å². The van der Waals surface area contributed by atoms with E-state index in [1.54, 1.807) is 25.1 Å². The molecule has 6 nitrogen and oxygen atoms in total. The van der Waals surface area contributed by atoms with E-state index in [0.29, 0.717) is 34.0 Å². The summed E-state index contributed by atoms with van der Waals surface area (Å²) in [7, 11) is 2.54. The van der Waals surface area contributed by atoms with E-state index in [9.17, 15) is 14.4 Å². The Morgan fingerprint density at radius 3 is 2.52 bits per heavy atom. The Hall–Kier alpha value is -2.61. The van der Waals surface area contributed by atoms with Crippen LogP contribution in [0.15, 0.2) is 58.3 Å². The summed E-state index contributed by atoms with van der Waals surface area (Å²) in [5.74, 6) is -3.92. The first-order chi connectivity index (χ1) is 15.8. The maximum atomic E-state index is 14.0. The molecule has 2 aliphatic rings. The zero-order chi connectivity index (χ0) is 23.9. The number of methoxy groups -OCH3 is 2. The number of Topliss-reactive ketones (excluding diaryl/α,β-unsaturated/α-hetero) is 1. The van der Waals surface area contributed by atoms with Gasteiger partial charge < -0.3 is 14.8 Å². The predicted molar refractivity (Wildman–Crippen MR) is 126 cm³/mol. The minimum absolute atomic E-state index is 0.231. The quantitative estimate of drug-likeness (QED) is 0.465. The van der Waals surface area contributed by atoms with Crippen molar-refractivity contribution in [3.8, 4) is 0 Å². The molecule has 9 heteroatoms. The number of hydrogen-bond donors (Lipinski definition) is 1. The minimum atomic E-state index is -1.05. The fourth-order valence-corrected chi connectivity index (χ4v) is 5.92. The summed E-state index contributed by atoms with van der Waals surface area (Å²) in [5, 5.41) is 5.66. The van der Waals surface area contributed by atoms with E-state index in [2.05, 4.69) is 5.32 Å².